The molecule has 0 unspecified atom stereocenters. The van der Waals surface area contributed by atoms with Gasteiger partial charge in [0.05, 0.1) is 0 Å². The highest BCUT2D eigenvalue weighted by Crippen LogP contribution is 2.11. The second kappa shape index (κ2) is 12.9. The molecule has 1 aromatic carbocycles. The van der Waals surface area contributed by atoms with Crippen molar-refractivity contribution >= 4 is 41.5 Å². The van der Waals surface area contributed by atoms with Crippen LogP contribution in [0.25, 0.3) is 0 Å². The molecule has 0 amide bonds. The molecule has 0 fully saturated rings. The first-order valence-corrected chi connectivity index (χ1v) is 9.55. The highest BCUT2D eigenvalue weighted by molar-refractivity contribution is 14.0. The number of hydrogen-bond acceptors (Lipinski definition) is 4. The van der Waals surface area contributed by atoms with Gasteiger partial charge in [-0.2, -0.15) is 0 Å². The fraction of sp³-hybridized carbons (Fsp3) is 0.526. The lowest BCUT2D eigenvalue weighted by molar-refractivity contribution is 0.145. The molecule has 0 aliphatic rings. The summed E-state index contributed by atoms with van der Waals surface area (Å²) in [5.74, 6) is 2.53. The standard InChI is InChI=1S/C19H29ClN6O.HI/c1-5-27-12-6-11-21-19(22-13-18-24-23-15(2)26(18)4)25(3)14-16-7-9-17(20)10-8-16;/h7-10H,5-6,11-14H2,1-4H3,(H,21,22);1H. The molecule has 0 saturated heterocycles. The van der Waals surface area contributed by atoms with Gasteiger partial charge in [0.1, 0.15) is 12.4 Å². The normalized spacial score (nSPS) is 11.2. The van der Waals surface area contributed by atoms with E-state index < -0.39 is 0 Å². The van der Waals surface area contributed by atoms with Gasteiger partial charge in [-0.3, -0.25) is 0 Å². The zero-order valence-electron chi connectivity index (χ0n) is 17.0. The van der Waals surface area contributed by atoms with E-state index in [0.29, 0.717) is 6.54 Å². The highest BCUT2D eigenvalue weighted by Gasteiger charge is 2.09. The minimum absolute atomic E-state index is 0. The number of rotatable bonds is 9. The van der Waals surface area contributed by atoms with E-state index in [4.69, 9.17) is 21.3 Å². The first-order chi connectivity index (χ1) is 13.0. The minimum atomic E-state index is 0. The molecule has 2 aromatic rings. The Morgan fingerprint density at radius 3 is 2.61 bits per heavy atom. The second-order valence-electron chi connectivity index (χ2n) is 6.32. The number of aromatic nitrogens is 3. The topological polar surface area (TPSA) is 67.6 Å². The molecule has 1 heterocycles. The molecule has 156 valence electrons. The first kappa shape index (κ1) is 24.6. The molecule has 28 heavy (non-hydrogen) atoms. The summed E-state index contributed by atoms with van der Waals surface area (Å²) in [4.78, 5) is 6.83. The Labute approximate surface area is 189 Å². The van der Waals surface area contributed by atoms with Crippen LogP contribution in [0.2, 0.25) is 5.02 Å². The van der Waals surface area contributed by atoms with Crippen LogP contribution >= 0.6 is 35.6 Å². The number of guanidine groups is 1. The van der Waals surface area contributed by atoms with E-state index in [9.17, 15) is 0 Å². The molecule has 2 rings (SSSR count). The van der Waals surface area contributed by atoms with E-state index in [-0.39, 0.29) is 24.0 Å². The van der Waals surface area contributed by atoms with E-state index in [1.54, 1.807) is 0 Å². The number of nitrogens with zero attached hydrogens (tertiary/aromatic N) is 5. The Kier molecular flexibility index (Phi) is 11.4. The molecule has 7 nitrogen and oxygen atoms in total. The molecule has 9 heteroatoms. The van der Waals surface area contributed by atoms with Crippen LogP contribution < -0.4 is 5.32 Å². The average molecular weight is 521 g/mol. The summed E-state index contributed by atoms with van der Waals surface area (Å²) in [5.41, 5.74) is 1.17. The molecular weight excluding hydrogens is 491 g/mol. The van der Waals surface area contributed by atoms with Crippen LogP contribution in [0.3, 0.4) is 0 Å². The number of aryl methyl sites for hydroxylation is 1. The van der Waals surface area contributed by atoms with Crippen molar-refractivity contribution < 1.29 is 4.74 Å². The summed E-state index contributed by atoms with van der Waals surface area (Å²) in [6.45, 7) is 7.40. The van der Waals surface area contributed by atoms with E-state index in [1.165, 1.54) is 5.56 Å². The number of halogens is 2. The largest absolute Gasteiger partial charge is 0.382 e. The van der Waals surface area contributed by atoms with Crippen molar-refractivity contribution in [2.45, 2.75) is 33.4 Å². The van der Waals surface area contributed by atoms with Gasteiger partial charge in [0.15, 0.2) is 11.8 Å². The lowest BCUT2D eigenvalue weighted by Gasteiger charge is -2.22. The summed E-state index contributed by atoms with van der Waals surface area (Å²) < 4.78 is 7.36. The van der Waals surface area contributed by atoms with Crippen LogP contribution in [0.4, 0.5) is 0 Å². The zero-order chi connectivity index (χ0) is 19.6. The molecule has 0 aliphatic heterocycles. The molecule has 1 aromatic heterocycles. The van der Waals surface area contributed by atoms with Crippen molar-refractivity contribution in [2.24, 2.45) is 12.0 Å². The highest BCUT2D eigenvalue weighted by atomic mass is 127. The Morgan fingerprint density at radius 1 is 1.29 bits per heavy atom. The van der Waals surface area contributed by atoms with Crippen molar-refractivity contribution in [3.63, 3.8) is 0 Å². The lowest BCUT2D eigenvalue weighted by Crippen LogP contribution is -2.39. The van der Waals surface area contributed by atoms with Gasteiger partial charge in [0, 0.05) is 45.4 Å². The third-order valence-electron chi connectivity index (χ3n) is 4.20. The predicted octanol–water partition coefficient (Wildman–Crippen LogP) is 3.40. The van der Waals surface area contributed by atoms with Gasteiger partial charge in [0.25, 0.3) is 0 Å². The van der Waals surface area contributed by atoms with Gasteiger partial charge in [-0.25, -0.2) is 4.99 Å². The second-order valence-corrected chi connectivity index (χ2v) is 6.76. The van der Waals surface area contributed by atoms with Gasteiger partial charge in [-0.15, -0.1) is 34.2 Å². The molecular formula is C19H30ClIN6O. The lowest BCUT2D eigenvalue weighted by atomic mass is 10.2. The summed E-state index contributed by atoms with van der Waals surface area (Å²) >= 11 is 5.98. The maximum Gasteiger partial charge on any atom is 0.194 e. The average Bonchev–Trinajstić information content (AvgIpc) is 2.97. The molecule has 0 aliphatic carbocycles. The van der Waals surface area contributed by atoms with Crippen LogP contribution in [0.1, 0.15) is 30.6 Å². The van der Waals surface area contributed by atoms with Gasteiger partial charge < -0.3 is 19.5 Å². The molecule has 0 atom stereocenters. The Morgan fingerprint density at radius 2 is 2.00 bits per heavy atom. The molecule has 0 spiro atoms. The van der Waals surface area contributed by atoms with Crippen molar-refractivity contribution in [3.05, 3.63) is 46.5 Å². The fourth-order valence-corrected chi connectivity index (χ4v) is 2.63. The SMILES string of the molecule is CCOCCCNC(=NCc1nnc(C)n1C)N(C)Cc1ccc(Cl)cc1.I. The van der Waals surface area contributed by atoms with Gasteiger partial charge in [-0.1, -0.05) is 23.7 Å². The van der Waals surface area contributed by atoms with Crippen LogP contribution in [-0.2, 0) is 24.9 Å². The van der Waals surface area contributed by atoms with Crippen LogP contribution in [0.5, 0.6) is 0 Å². The van der Waals surface area contributed by atoms with E-state index in [1.807, 2.05) is 56.8 Å². The number of nitrogens with one attached hydrogen (secondary N) is 1. The third kappa shape index (κ3) is 7.92. The molecule has 0 saturated carbocycles. The molecule has 0 radical (unpaired) electrons. The fourth-order valence-electron chi connectivity index (χ4n) is 2.50. The van der Waals surface area contributed by atoms with Crippen molar-refractivity contribution in [2.75, 3.05) is 26.8 Å². The summed E-state index contributed by atoms with van der Waals surface area (Å²) in [6.07, 6.45) is 0.921. The number of benzene rings is 1. The number of hydrogen-bond donors (Lipinski definition) is 1. The van der Waals surface area contributed by atoms with Gasteiger partial charge in [-0.05, 0) is 38.0 Å². The van der Waals surface area contributed by atoms with Crippen LogP contribution in [-0.4, -0.2) is 52.4 Å². The van der Waals surface area contributed by atoms with E-state index in [0.717, 1.165) is 55.4 Å². The molecule has 1 N–H and O–H groups in total. The number of aliphatic imine (C=N–C) groups is 1. The third-order valence-corrected chi connectivity index (χ3v) is 4.45. The minimum Gasteiger partial charge on any atom is -0.382 e. The maximum atomic E-state index is 5.98. The summed E-state index contributed by atoms with van der Waals surface area (Å²) in [7, 11) is 3.97. The monoisotopic (exact) mass is 520 g/mol. The zero-order valence-corrected chi connectivity index (χ0v) is 20.1. The van der Waals surface area contributed by atoms with Crippen molar-refractivity contribution in [3.8, 4) is 0 Å². The Bertz CT molecular complexity index is 735. The Hall–Kier alpha value is -1.39. The summed E-state index contributed by atoms with van der Waals surface area (Å²) in [5, 5.41) is 12.4. The van der Waals surface area contributed by atoms with E-state index >= 15 is 0 Å². The van der Waals surface area contributed by atoms with E-state index in [2.05, 4.69) is 20.4 Å². The van der Waals surface area contributed by atoms with Gasteiger partial charge >= 0.3 is 0 Å². The quantitative estimate of drug-likeness (QED) is 0.238. The Balaban J connectivity index is 0.00000392. The smallest absolute Gasteiger partial charge is 0.194 e. The van der Waals surface area contributed by atoms with Crippen LogP contribution in [0.15, 0.2) is 29.3 Å². The number of ether oxygens (including phenoxy) is 1. The van der Waals surface area contributed by atoms with Crippen molar-refractivity contribution in [1.29, 1.82) is 0 Å². The van der Waals surface area contributed by atoms with Gasteiger partial charge in [0.2, 0.25) is 0 Å². The maximum absolute atomic E-state index is 5.98. The van der Waals surface area contributed by atoms with Crippen LogP contribution in [0, 0.1) is 6.92 Å². The first-order valence-electron chi connectivity index (χ1n) is 9.17. The summed E-state index contributed by atoms with van der Waals surface area (Å²) in [6, 6.07) is 7.86. The predicted molar refractivity (Wildman–Crippen MR) is 124 cm³/mol. The molecule has 0 bridgehead atoms. The van der Waals surface area contributed by atoms with Crippen molar-refractivity contribution in [1.82, 2.24) is 25.0 Å².